The van der Waals surface area contributed by atoms with Gasteiger partial charge in [0.15, 0.2) is 0 Å². The molecule has 0 amide bonds. The predicted octanol–water partition coefficient (Wildman–Crippen LogP) is 4.94. The van der Waals surface area contributed by atoms with E-state index in [1.165, 1.54) is 0 Å². The normalized spacial score (nSPS) is 11.2. The summed E-state index contributed by atoms with van der Waals surface area (Å²) < 4.78 is 7.57. The molecule has 0 saturated heterocycles. The average Bonchev–Trinajstić information content (AvgIpc) is 3.35. The first kappa shape index (κ1) is 18.0. The molecule has 0 spiro atoms. The molecule has 6 nitrogen and oxygen atoms in total. The van der Waals surface area contributed by atoms with E-state index < -0.39 is 5.97 Å². The summed E-state index contributed by atoms with van der Waals surface area (Å²) in [4.78, 5) is 19.2. The van der Waals surface area contributed by atoms with Crippen molar-refractivity contribution in [1.82, 2.24) is 14.5 Å². The zero-order valence-corrected chi connectivity index (χ0v) is 16.3. The van der Waals surface area contributed by atoms with Crippen LogP contribution in [0.5, 0.6) is 5.75 Å². The lowest BCUT2D eigenvalue weighted by Gasteiger charge is -2.11. The van der Waals surface area contributed by atoms with E-state index >= 15 is 0 Å². The van der Waals surface area contributed by atoms with Gasteiger partial charge >= 0.3 is 5.97 Å². The number of aromatic amines is 1. The van der Waals surface area contributed by atoms with Crippen molar-refractivity contribution in [1.29, 1.82) is 0 Å². The second kappa shape index (κ2) is 7.08. The molecule has 6 heteroatoms. The number of nitrogens with one attached hydrogen (secondary N) is 1. The Labute approximate surface area is 172 Å². The van der Waals surface area contributed by atoms with Crippen LogP contribution in [0.4, 0.5) is 0 Å². The minimum Gasteiger partial charge on any atom is -0.497 e. The standard InChI is InChI=1S/C24H19N3O3/c1-30-19-7-8-21-18(11-19)13-22(20-12-16-6-3-9-25-23(16)26-20)27(21)14-15-4-2-5-17(10-15)24(28)29/h2-13H,14H2,1H3,(H,25,26)(H,28,29). The van der Waals surface area contributed by atoms with Crippen LogP contribution in [0.15, 0.2) is 72.9 Å². The van der Waals surface area contributed by atoms with Crippen molar-refractivity contribution in [3.63, 3.8) is 0 Å². The molecule has 3 heterocycles. The minimum atomic E-state index is -0.930. The van der Waals surface area contributed by atoms with Crippen molar-refractivity contribution in [2.24, 2.45) is 0 Å². The number of fused-ring (bicyclic) bond motifs is 2. The molecule has 0 radical (unpaired) electrons. The van der Waals surface area contributed by atoms with Gasteiger partial charge < -0.3 is 19.4 Å². The third-order valence-corrected chi connectivity index (χ3v) is 5.29. The summed E-state index contributed by atoms with van der Waals surface area (Å²) in [5, 5.41) is 11.4. The van der Waals surface area contributed by atoms with Crippen molar-refractivity contribution in [2.45, 2.75) is 6.54 Å². The van der Waals surface area contributed by atoms with Crippen molar-refractivity contribution >= 4 is 27.9 Å². The number of H-pyrrole nitrogens is 1. The molecular formula is C24H19N3O3. The molecule has 0 aliphatic rings. The molecule has 0 saturated carbocycles. The second-order valence-electron chi connectivity index (χ2n) is 7.17. The number of carbonyl (C=O) groups is 1. The summed E-state index contributed by atoms with van der Waals surface area (Å²) in [5.41, 5.74) is 5.01. The number of aromatic nitrogens is 3. The van der Waals surface area contributed by atoms with E-state index in [1.807, 2.05) is 36.4 Å². The lowest BCUT2D eigenvalue weighted by Crippen LogP contribution is -2.04. The van der Waals surface area contributed by atoms with Crippen LogP contribution in [-0.4, -0.2) is 32.7 Å². The van der Waals surface area contributed by atoms with Gasteiger partial charge in [0.2, 0.25) is 0 Å². The Hall–Kier alpha value is -4.06. The van der Waals surface area contributed by atoms with Crippen LogP contribution in [0.25, 0.3) is 33.3 Å². The molecule has 30 heavy (non-hydrogen) atoms. The maximum atomic E-state index is 11.4. The molecule has 0 bridgehead atoms. The molecule has 148 valence electrons. The Morgan fingerprint density at radius 2 is 1.97 bits per heavy atom. The number of ether oxygens (including phenoxy) is 1. The van der Waals surface area contributed by atoms with E-state index in [1.54, 1.807) is 31.5 Å². The highest BCUT2D eigenvalue weighted by atomic mass is 16.5. The largest absolute Gasteiger partial charge is 0.497 e. The van der Waals surface area contributed by atoms with Crippen LogP contribution in [0.2, 0.25) is 0 Å². The monoisotopic (exact) mass is 397 g/mol. The summed E-state index contributed by atoms with van der Waals surface area (Å²) in [6, 6.07) is 21.1. The van der Waals surface area contributed by atoms with E-state index in [4.69, 9.17) is 4.74 Å². The molecule has 5 rings (SSSR count). The van der Waals surface area contributed by atoms with Crippen LogP contribution < -0.4 is 4.74 Å². The number of rotatable bonds is 5. The minimum absolute atomic E-state index is 0.280. The molecule has 0 aliphatic heterocycles. The number of carboxylic acid groups (broad SMARTS) is 1. The summed E-state index contributed by atoms with van der Waals surface area (Å²) in [6.07, 6.45) is 1.76. The molecule has 2 aromatic carbocycles. The van der Waals surface area contributed by atoms with Gasteiger partial charge in [0.25, 0.3) is 0 Å². The van der Waals surface area contributed by atoms with Gasteiger partial charge in [0.1, 0.15) is 11.4 Å². The lowest BCUT2D eigenvalue weighted by molar-refractivity contribution is 0.0696. The quantitative estimate of drug-likeness (QED) is 0.440. The molecular weight excluding hydrogens is 378 g/mol. The third kappa shape index (κ3) is 3.08. The van der Waals surface area contributed by atoms with E-state index in [-0.39, 0.29) is 5.56 Å². The molecule has 3 aromatic heterocycles. The molecule has 0 unspecified atom stereocenters. The number of pyridine rings is 1. The maximum Gasteiger partial charge on any atom is 0.335 e. The molecule has 0 atom stereocenters. The van der Waals surface area contributed by atoms with Crippen LogP contribution >= 0.6 is 0 Å². The number of hydrogen-bond donors (Lipinski definition) is 2. The molecule has 2 N–H and O–H groups in total. The van der Waals surface area contributed by atoms with Gasteiger partial charge in [0, 0.05) is 29.0 Å². The highest BCUT2D eigenvalue weighted by molar-refractivity contribution is 5.91. The predicted molar refractivity (Wildman–Crippen MR) is 116 cm³/mol. The van der Waals surface area contributed by atoms with Crippen LogP contribution in [0.1, 0.15) is 15.9 Å². The molecule has 5 aromatic rings. The Kier molecular flexibility index (Phi) is 4.25. The zero-order valence-electron chi connectivity index (χ0n) is 16.3. The van der Waals surface area contributed by atoms with Crippen LogP contribution in [0, 0.1) is 0 Å². The Bertz CT molecular complexity index is 1360. The number of benzene rings is 2. The first-order valence-corrected chi connectivity index (χ1v) is 9.56. The first-order valence-electron chi connectivity index (χ1n) is 9.56. The SMILES string of the molecule is COc1ccc2c(c1)cc(-c1cc3cccnc3[nH]1)n2Cc1cccc(C(=O)O)c1. The van der Waals surface area contributed by atoms with E-state index in [0.717, 1.165) is 44.6 Å². The van der Waals surface area contributed by atoms with Gasteiger partial charge in [-0.05, 0) is 60.2 Å². The summed E-state index contributed by atoms with van der Waals surface area (Å²) in [6.45, 7) is 0.537. The number of methoxy groups -OCH3 is 1. The Balaban J connectivity index is 1.69. The van der Waals surface area contributed by atoms with Crippen molar-refractivity contribution in [3.05, 3.63) is 84.1 Å². The zero-order chi connectivity index (χ0) is 20.7. The fourth-order valence-corrected chi connectivity index (χ4v) is 3.85. The number of nitrogens with zero attached hydrogens (tertiary/aromatic N) is 2. The summed E-state index contributed by atoms with van der Waals surface area (Å²) >= 11 is 0. The highest BCUT2D eigenvalue weighted by Gasteiger charge is 2.15. The number of hydrogen-bond acceptors (Lipinski definition) is 3. The van der Waals surface area contributed by atoms with Crippen molar-refractivity contribution < 1.29 is 14.6 Å². The van der Waals surface area contributed by atoms with Gasteiger partial charge in [-0.1, -0.05) is 12.1 Å². The van der Waals surface area contributed by atoms with Gasteiger partial charge in [0.05, 0.1) is 24.1 Å². The second-order valence-corrected chi connectivity index (χ2v) is 7.17. The maximum absolute atomic E-state index is 11.4. The summed E-state index contributed by atoms with van der Waals surface area (Å²) in [7, 11) is 1.65. The fraction of sp³-hybridized carbons (Fsp3) is 0.0833. The lowest BCUT2D eigenvalue weighted by atomic mass is 10.1. The number of carboxylic acids is 1. The van der Waals surface area contributed by atoms with Crippen LogP contribution in [-0.2, 0) is 6.54 Å². The topological polar surface area (TPSA) is 80.1 Å². The summed E-state index contributed by atoms with van der Waals surface area (Å²) in [5.74, 6) is -0.141. The highest BCUT2D eigenvalue weighted by Crippen LogP contribution is 2.32. The fourth-order valence-electron chi connectivity index (χ4n) is 3.85. The van der Waals surface area contributed by atoms with Crippen molar-refractivity contribution in [3.8, 4) is 17.1 Å². The van der Waals surface area contributed by atoms with Gasteiger partial charge in [-0.2, -0.15) is 0 Å². The third-order valence-electron chi connectivity index (χ3n) is 5.29. The van der Waals surface area contributed by atoms with Gasteiger partial charge in [-0.25, -0.2) is 9.78 Å². The Morgan fingerprint density at radius 1 is 1.07 bits per heavy atom. The van der Waals surface area contributed by atoms with E-state index in [2.05, 4.69) is 26.7 Å². The van der Waals surface area contributed by atoms with Gasteiger partial charge in [-0.15, -0.1) is 0 Å². The van der Waals surface area contributed by atoms with Crippen LogP contribution in [0.3, 0.4) is 0 Å². The van der Waals surface area contributed by atoms with Crippen molar-refractivity contribution in [2.75, 3.05) is 7.11 Å². The number of aromatic carboxylic acids is 1. The van der Waals surface area contributed by atoms with E-state index in [0.29, 0.717) is 6.54 Å². The smallest absolute Gasteiger partial charge is 0.335 e. The molecule has 0 fully saturated rings. The van der Waals surface area contributed by atoms with Gasteiger partial charge in [-0.3, -0.25) is 0 Å². The molecule has 0 aliphatic carbocycles. The first-order chi connectivity index (χ1) is 14.6. The van der Waals surface area contributed by atoms with E-state index in [9.17, 15) is 9.90 Å². The Morgan fingerprint density at radius 3 is 2.77 bits per heavy atom. The average molecular weight is 397 g/mol.